The highest BCUT2D eigenvalue weighted by molar-refractivity contribution is 7.91. The van der Waals surface area contributed by atoms with Crippen LogP contribution in [0.5, 0.6) is 11.5 Å². The molecule has 1 atom stereocenters. The normalized spacial score (nSPS) is 16.2. The van der Waals surface area contributed by atoms with Gasteiger partial charge in [-0.25, -0.2) is 18.3 Å². The summed E-state index contributed by atoms with van der Waals surface area (Å²) in [6, 6.07) is 10.4. The van der Waals surface area contributed by atoms with Gasteiger partial charge in [0.2, 0.25) is 6.41 Å². The van der Waals surface area contributed by atoms with Crippen LogP contribution in [0.4, 0.5) is 4.79 Å². The fraction of sp³-hybridized carbons (Fsp3) is 0.318. The Balaban J connectivity index is 1.80. The summed E-state index contributed by atoms with van der Waals surface area (Å²) in [7, 11) is -4.08. The fourth-order valence-corrected chi connectivity index (χ4v) is 5.27. The molecule has 1 heterocycles. The van der Waals surface area contributed by atoms with Crippen molar-refractivity contribution in [3.05, 3.63) is 53.6 Å². The molecule has 1 aliphatic rings. The lowest BCUT2D eigenvalue weighted by molar-refractivity contribution is -0.158. The molecule has 0 radical (unpaired) electrons. The van der Waals surface area contributed by atoms with Gasteiger partial charge >= 0.3 is 6.03 Å². The van der Waals surface area contributed by atoms with E-state index in [9.17, 15) is 28.0 Å². The van der Waals surface area contributed by atoms with Gasteiger partial charge in [-0.15, -0.1) is 0 Å². The minimum atomic E-state index is -4.08. The van der Waals surface area contributed by atoms with Crippen LogP contribution in [0, 0.1) is 0 Å². The van der Waals surface area contributed by atoms with E-state index >= 15 is 0 Å². The molecule has 2 N–H and O–H groups in total. The lowest BCUT2D eigenvalue weighted by Crippen LogP contribution is -2.42. The summed E-state index contributed by atoms with van der Waals surface area (Å²) in [5.74, 6) is -0.746. The number of imide groups is 1. The Hall–Kier alpha value is -3.15. The first-order valence-electron chi connectivity index (χ1n) is 10.3. The Bertz CT molecular complexity index is 1190. The molecule has 0 aliphatic carbocycles. The highest BCUT2D eigenvalue weighted by Gasteiger charge is 2.44. The summed E-state index contributed by atoms with van der Waals surface area (Å²) >= 11 is 5.87. The second-order valence-corrected chi connectivity index (χ2v) is 10.7. The number of sulfone groups is 1. The van der Waals surface area contributed by atoms with E-state index in [-0.39, 0.29) is 35.1 Å². The van der Waals surface area contributed by atoms with Gasteiger partial charge in [-0.2, -0.15) is 0 Å². The molecule has 10 nitrogen and oxygen atoms in total. The second-order valence-electron chi connectivity index (χ2n) is 8.22. The van der Waals surface area contributed by atoms with Gasteiger partial charge in [0.1, 0.15) is 21.9 Å². The summed E-state index contributed by atoms with van der Waals surface area (Å²) in [4.78, 5) is 36.5. The molecule has 0 saturated carbocycles. The van der Waals surface area contributed by atoms with Crippen molar-refractivity contribution >= 4 is 39.8 Å². The van der Waals surface area contributed by atoms with Gasteiger partial charge in [-0.1, -0.05) is 23.7 Å². The first kappa shape index (κ1) is 25.5. The van der Waals surface area contributed by atoms with Crippen LogP contribution in [0.2, 0.25) is 5.02 Å². The highest BCUT2D eigenvalue weighted by atomic mass is 35.5. The van der Waals surface area contributed by atoms with Crippen LogP contribution >= 0.6 is 11.6 Å². The number of halogens is 1. The van der Waals surface area contributed by atoms with Crippen molar-refractivity contribution in [1.29, 1.82) is 0 Å². The van der Waals surface area contributed by atoms with Crippen LogP contribution in [0.1, 0.15) is 20.3 Å². The molecule has 1 unspecified atom stereocenters. The van der Waals surface area contributed by atoms with Crippen LogP contribution in [0.25, 0.3) is 0 Å². The van der Waals surface area contributed by atoms with Crippen molar-refractivity contribution in [3.8, 4) is 11.5 Å². The average molecular weight is 510 g/mol. The molecule has 2 aromatic rings. The van der Waals surface area contributed by atoms with Crippen molar-refractivity contribution in [2.24, 2.45) is 0 Å². The number of benzene rings is 2. The number of rotatable bonds is 10. The lowest BCUT2D eigenvalue weighted by Gasteiger charge is -2.25. The minimum Gasteiger partial charge on any atom is -0.456 e. The first-order valence-corrected chi connectivity index (χ1v) is 12.3. The van der Waals surface area contributed by atoms with Crippen molar-refractivity contribution in [2.75, 3.05) is 12.3 Å². The molecule has 0 bridgehead atoms. The molecule has 182 valence electrons. The summed E-state index contributed by atoms with van der Waals surface area (Å²) < 4.78 is 32.2. The zero-order valence-electron chi connectivity index (χ0n) is 18.5. The number of urea groups is 1. The van der Waals surface area contributed by atoms with E-state index < -0.39 is 39.1 Å². The maximum absolute atomic E-state index is 13.2. The maximum atomic E-state index is 13.2. The largest absolute Gasteiger partial charge is 0.456 e. The van der Waals surface area contributed by atoms with E-state index in [1.165, 1.54) is 32.0 Å². The van der Waals surface area contributed by atoms with E-state index in [1.807, 2.05) is 0 Å². The number of nitrogens with zero attached hydrogens (tertiary/aromatic N) is 2. The number of carbonyl (C=O) groups is 3. The Morgan fingerprint density at radius 3 is 2.41 bits per heavy atom. The van der Waals surface area contributed by atoms with Gasteiger partial charge < -0.3 is 10.1 Å². The van der Waals surface area contributed by atoms with E-state index in [4.69, 9.17) is 16.3 Å². The number of para-hydroxylation sites is 1. The lowest BCUT2D eigenvalue weighted by atomic mass is 10.1. The fourth-order valence-electron chi connectivity index (χ4n) is 3.44. The predicted octanol–water partition coefficient (Wildman–Crippen LogP) is 2.84. The zero-order chi connectivity index (χ0) is 25.1. The standard InChI is InChI=1S/C22H24ClN3O7S/c1-22(2)20(28)25(21(29)24-22)12-11-16(26(30)14-27)13-34(31,32)19-6-4-3-5-18(19)33-17-9-7-15(23)8-10-17/h3-10,14,16,30H,11-13H2,1-2H3,(H,24,29). The summed E-state index contributed by atoms with van der Waals surface area (Å²) in [5, 5.41) is 13.3. The number of carbonyl (C=O) groups excluding carboxylic acids is 3. The summed E-state index contributed by atoms with van der Waals surface area (Å²) in [5.41, 5.74) is -1.10. The summed E-state index contributed by atoms with van der Waals surface area (Å²) in [6.07, 6.45) is -0.0873. The minimum absolute atomic E-state index is 0.0509. The predicted molar refractivity (Wildman–Crippen MR) is 122 cm³/mol. The second kappa shape index (κ2) is 10.00. The van der Waals surface area contributed by atoms with Crippen molar-refractivity contribution in [3.63, 3.8) is 0 Å². The monoisotopic (exact) mass is 509 g/mol. The number of hydrogen-bond donors (Lipinski definition) is 2. The van der Waals surface area contributed by atoms with Gasteiger partial charge in [0.05, 0.1) is 11.8 Å². The third-order valence-corrected chi connectivity index (χ3v) is 7.33. The van der Waals surface area contributed by atoms with E-state index in [0.717, 1.165) is 4.90 Å². The van der Waals surface area contributed by atoms with Crippen LogP contribution < -0.4 is 10.1 Å². The van der Waals surface area contributed by atoms with Gasteiger partial charge in [-0.3, -0.25) is 19.7 Å². The number of amides is 4. The number of ether oxygens (including phenoxy) is 1. The van der Waals surface area contributed by atoms with Crippen molar-refractivity contribution in [2.45, 2.75) is 36.7 Å². The van der Waals surface area contributed by atoms with Gasteiger partial charge in [0, 0.05) is 11.6 Å². The molecular formula is C22H24ClN3O7S. The molecule has 34 heavy (non-hydrogen) atoms. The maximum Gasteiger partial charge on any atom is 0.325 e. The molecule has 0 spiro atoms. The van der Waals surface area contributed by atoms with Crippen LogP contribution in [-0.2, 0) is 19.4 Å². The Morgan fingerprint density at radius 1 is 1.18 bits per heavy atom. The molecule has 3 rings (SSSR count). The van der Waals surface area contributed by atoms with Crippen molar-refractivity contribution in [1.82, 2.24) is 15.3 Å². The zero-order valence-corrected chi connectivity index (χ0v) is 20.0. The molecule has 2 aromatic carbocycles. The molecule has 12 heteroatoms. The van der Waals surface area contributed by atoms with Crippen LogP contribution in [-0.4, -0.2) is 65.8 Å². The topological polar surface area (TPSA) is 133 Å². The SMILES string of the molecule is CC1(C)NC(=O)N(CCC(CS(=O)(=O)c2ccccc2Oc2ccc(Cl)cc2)N(O)C=O)C1=O. The Kier molecular flexibility index (Phi) is 7.49. The Labute approximate surface area is 201 Å². The van der Waals surface area contributed by atoms with Gasteiger partial charge in [0.25, 0.3) is 5.91 Å². The number of hydrogen-bond acceptors (Lipinski definition) is 7. The summed E-state index contributed by atoms with van der Waals surface area (Å²) in [6.45, 7) is 2.88. The van der Waals surface area contributed by atoms with E-state index in [1.54, 1.807) is 30.3 Å². The molecule has 0 aromatic heterocycles. The third-order valence-electron chi connectivity index (χ3n) is 5.25. The van der Waals surface area contributed by atoms with E-state index in [0.29, 0.717) is 10.8 Å². The van der Waals surface area contributed by atoms with Crippen LogP contribution in [0.3, 0.4) is 0 Å². The highest BCUT2D eigenvalue weighted by Crippen LogP contribution is 2.31. The van der Waals surface area contributed by atoms with Crippen molar-refractivity contribution < 1.29 is 32.7 Å². The van der Waals surface area contributed by atoms with Gasteiger partial charge in [0.15, 0.2) is 9.84 Å². The van der Waals surface area contributed by atoms with E-state index in [2.05, 4.69) is 5.32 Å². The first-order chi connectivity index (χ1) is 15.9. The molecule has 1 saturated heterocycles. The smallest absolute Gasteiger partial charge is 0.325 e. The molecule has 4 amide bonds. The number of hydroxylamine groups is 2. The third kappa shape index (κ3) is 5.66. The number of nitrogens with one attached hydrogen (secondary N) is 1. The molecular weight excluding hydrogens is 486 g/mol. The average Bonchev–Trinajstić information content (AvgIpc) is 2.98. The Morgan fingerprint density at radius 2 is 1.82 bits per heavy atom. The van der Waals surface area contributed by atoms with Gasteiger partial charge in [-0.05, 0) is 56.7 Å². The van der Waals surface area contributed by atoms with Crippen LogP contribution in [0.15, 0.2) is 53.4 Å². The molecule has 1 aliphatic heterocycles. The molecule has 1 fully saturated rings. The quantitative estimate of drug-likeness (QED) is 0.218.